The predicted molar refractivity (Wildman–Crippen MR) is 93.1 cm³/mol. The van der Waals surface area contributed by atoms with Gasteiger partial charge in [-0.3, -0.25) is 14.4 Å². The molecule has 0 aliphatic carbocycles. The lowest BCUT2D eigenvalue weighted by Gasteiger charge is -2.42. The second-order valence-electron chi connectivity index (χ2n) is 8.60. The molecule has 1 rings (SSSR count). The minimum atomic E-state index is -1.04. The quantitative estimate of drug-likeness (QED) is 0.701. The lowest BCUT2D eigenvalue weighted by atomic mass is 9.93. The Morgan fingerprint density at radius 2 is 1.46 bits per heavy atom. The SMILES string of the molecule is CC(=O)N[C@H]1CO[C@H](CO)[C@H](OC(=O)C(C)(C)C)[C@@H]1OC(=O)C(C)(C)C. The van der Waals surface area contributed by atoms with Crippen molar-refractivity contribution < 1.29 is 33.7 Å². The van der Waals surface area contributed by atoms with Crippen LogP contribution < -0.4 is 5.32 Å². The monoisotopic (exact) mass is 373 g/mol. The van der Waals surface area contributed by atoms with Crippen molar-refractivity contribution in [1.29, 1.82) is 0 Å². The summed E-state index contributed by atoms with van der Waals surface area (Å²) in [6, 6.07) is -0.695. The molecule has 1 saturated heterocycles. The highest BCUT2D eigenvalue weighted by atomic mass is 16.6. The molecule has 0 aromatic rings. The summed E-state index contributed by atoms with van der Waals surface area (Å²) in [6.45, 7) is 11.1. The largest absolute Gasteiger partial charge is 0.456 e. The second kappa shape index (κ2) is 8.35. The van der Waals surface area contributed by atoms with Crippen molar-refractivity contribution in [2.45, 2.75) is 72.8 Å². The minimum Gasteiger partial charge on any atom is -0.456 e. The van der Waals surface area contributed by atoms with Crippen LogP contribution in [0.1, 0.15) is 48.5 Å². The number of rotatable bonds is 4. The van der Waals surface area contributed by atoms with Gasteiger partial charge in [-0.2, -0.15) is 0 Å². The third kappa shape index (κ3) is 5.95. The minimum absolute atomic E-state index is 0.0243. The number of hydrogen-bond acceptors (Lipinski definition) is 7. The summed E-state index contributed by atoms with van der Waals surface area (Å²) in [4.78, 5) is 36.3. The first kappa shape index (κ1) is 22.4. The summed E-state index contributed by atoms with van der Waals surface area (Å²) >= 11 is 0. The molecule has 0 unspecified atom stereocenters. The molecular formula is C18H31NO7. The molecule has 0 bridgehead atoms. The Balaban J connectivity index is 3.17. The molecule has 26 heavy (non-hydrogen) atoms. The van der Waals surface area contributed by atoms with E-state index in [2.05, 4.69) is 5.32 Å². The zero-order chi connectivity index (χ0) is 20.3. The first-order valence-corrected chi connectivity index (χ1v) is 8.69. The van der Waals surface area contributed by atoms with E-state index in [0.29, 0.717) is 0 Å². The molecule has 150 valence electrons. The molecular weight excluding hydrogens is 342 g/mol. The average Bonchev–Trinajstić information content (AvgIpc) is 2.47. The molecule has 1 aliphatic rings. The normalized spacial score (nSPS) is 26.8. The molecule has 8 heteroatoms. The highest BCUT2D eigenvalue weighted by Crippen LogP contribution is 2.27. The van der Waals surface area contributed by atoms with E-state index < -0.39 is 53.7 Å². The maximum Gasteiger partial charge on any atom is 0.311 e. The lowest BCUT2D eigenvalue weighted by Crippen LogP contribution is -2.63. The van der Waals surface area contributed by atoms with Crippen LogP contribution in [0.4, 0.5) is 0 Å². The Labute approximate surface area is 154 Å². The predicted octanol–water partition coefficient (Wildman–Crippen LogP) is 0.798. The smallest absolute Gasteiger partial charge is 0.311 e. The van der Waals surface area contributed by atoms with Gasteiger partial charge in [0.25, 0.3) is 0 Å². The van der Waals surface area contributed by atoms with E-state index in [-0.39, 0.29) is 12.5 Å². The molecule has 1 amide bonds. The van der Waals surface area contributed by atoms with Crippen molar-refractivity contribution in [3.05, 3.63) is 0 Å². The van der Waals surface area contributed by atoms with Gasteiger partial charge in [0.1, 0.15) is 6.10 Å². The number of nitrogens with one attached hydrogen (secondary N) is 1. The third-order valence-corrected chi connectivity index (χ3v) is 3.86. The van der Waals surface area contributed by atoms with E-state index in [0.717, 1.165) is 0 Å². The average molecular weight is 373 g/mol. The van der Waals surface area contributed by atoms with Crippen LogP contribution in [0.15, 0.2) is 0 Å². The summed E-state index contributed by atoms with van der Waals surface area (Å²) in [7, 11) is 0. The second-order valence-corrected chi connectivity index (χ2v) is 8.60. The summed E-state index contributed by atoms with van der Waals surface area (Å²) < 4.78 is 16.7. The molecule has 2 N–H and O–H groups in total. The fourth-order valence-electron chi connectivity index (χ4n) is 2.29. The van der Waals surface area contributed by atoms with Crippen molar-refractivity contribution >= 4 is 17.8 Å². The maximum absolute atomic E-state index is 12.4. The Kier molecular flexibility index (Phi) is 7.18. The number of hydrogen-bond donors (Lipinski definition) is 2. The molecule has 0 spiro atoms. The van der Waals surface area contributed by atoms with Crippen molar-refractivity contribution in [2.75, 3.05) is 13.2 Å². The van der Waals surface area contributed by atoms with Gasteiger partial charge in [0.15, 0.2) is 12.2 Å². The summed E-state index contributed by atoms with van der Waals surface area (Å²) in [5, 5.41) is 12.3. The van der Waals surface area contributed by atoms with Crippen molar-refractivity contribution in [3.8, 4) is 0 Å². The molecule has 4 atom stereocenters. The number of aliphatic hydroxyl groups is 1. The van der Waals surface area contributed by atoms with Crippen LogP contribution in [-0.2, 0) is 28.6 Å². The zero-order valence-electron chi connectivity index (χ0n) is 16.6. The van der Waals surface area contributed by atoms with Crippen LogP contribution in [0.2, 0.25) is 0 Å². The van der Waals surface area contributed by atoms with Gasteiger partial charge in [0.05, 0.1) is 30.1 Å². The highest BCUT2D eigenvalue weighted by molar-refractivity contribution is 5.77. The number of esters is 2. The van der Waals surface area contributed by atoms with Crippen LogP contribution in [0, 0.1) is 10.8 Å². The van der Waals surface area contributed by atoms with Crippen LogP contribution in [0.3, 0.4) is 0 Å². The standard InChI is InChI=1S/C18H31NO7/c1-10(21)19-11-9-24-12(8-20)14(26-16(23)18(5,6)7)13(11)25-15(22)17(2,3)4/h11-14,20H,8-9H2,1-7H3,(H,19,21)/t11-,12+,13+,14-/m0/s1. The first-order valence-electron chi connectivity index (χ1n) is 8.69. The fraction of sp³-hybridized carbons (Fsp3) is 0.833. The van der Waals surface area contributed by atoms with Gasteiger partial charge >= 0.3 is 11.9 Å². The summed E-state index contributed by atoms with van der Waals surface area (Å²) in [6.07, 6.45) is -2.87. The van der Waals surface area contributed by atoms with Gasteiger partial charge in [-0.05, 0) is 41.5 Å². The first-order chi connectivity index (χ1) is 11.8. The topological polar surface area (TPSA) is 111 Å². The Bertz CT molecular complexity index is 533. The van der Waals surface area contributed by atoms with E-state index in [9.17, 15) is 19.5 Å². The van der Waals surface area contributed by atoms with Crippen LogP contribution >= 0.6 is 0 Å². The van der Waals surface area contributed by atoms with E-state index >= 15 is 0 Å². The molecule has 0 radical (unpaired) electrons. The molecule has 0 saturated carbocycles. The third-order valence-electron chi connectivity index (χ3n) is 3.86. The van der Waals surface area contributed by atoms with Gasteiger partial charge in [-0.1, -0.05) is 0 Å². The summed E-state index contributed by atoms with van der Waals surface area (Å²) in [5.74, 6) is -1.36. The van der Waals surface area contributed by atoms with Crippen LogP contribution in [0.25, 0.3) is 0 Å². The van der Waals surface area contributed by atoms with E-state index in [4.69, 9.17) is 14.2 Å². The van der Waals surface area contributed by atoms with Crippen molar-refractivity contribution in [1.82, 2.24) is 5.32 Å². The molecule has 1 fully saturated rings. The van der Waals surface area contributed by atoms with Gasteiger partial charge in [-0.25, -0.2) is 0 Å². The van der Waals surface area contributed by atoms with Crippen LogP contribution in [-0.4, -0.2) is 60.5 Å². The van der Waals surface area contributed by atoms with E-state index in [1.807, 2.05) is 0 Å². The van der Waals surface area contributed by atoms with Crippen molar-refractivity contribution in [2.24, 2.45) is 10.8 Å². The van der Waals surface area contributed by atoms with Gasteiger partial charge in [0, 0.05) is 6.92 Å². The Morgan fingerprint density at radius 1 is 1.00 bits per heavy atom. The zero-order valence-corrected chi connectivity index (χ0v) is 16.6. The number of carbonyl (C=O) groups excluding carboxylic acids is 3. The Morgan fingerprint density at radius 3 is 1.85 bits per heavy atom. The Hall–Kier alpha value is -1.67. The summed E-state index contributed by atoms with van der Waals surface area (Å²) in [5.41, 5.74) is -1.58. The lowest BCUT2D eigenvalue weighted by molar-refractivity contribution is -0.214. The molecule has 0 aromatic heterocycles. The number of amides is 1. The van der Waals surface area contributed by atoms with Gasteiger partial charge in [-0.15, -0.1) is 0 Å². The van der Waals surface area contributed by atoms with E-state index in [1.54, 1.807) is 41.5 Å². The van der Waals surface area contributed by atoms with E-state index in [1.165, 1.54) is 6.92 Å². The molecule has 1 heterocycles. The van der Waals surface area contributed by atoms with Crippen LogP contribution in [0.5, 0.6) is 0 Å². The fourth-order valence-corrected chi connectivity index (χ4v) is 2.29. The van der Waals surface area contributed by atoms with Crippen molar-refractivity contribution in [3.63, 3.8) is 0 Å². The molecule has 1 aliphatic heterocycles. The number of ether oxygens (including phenoxy) is 3. The number of aliphatic hydroxyl groups excluding tert-OH is 1. The maximum atomic E-state index is 12.4. The highest BCUT2D eigenvalue weighted by Gasteiger charge is 2.47. The molecule has 0 aromatic carbocycles. The van der Waals surface area contributed by atoms with Gasteiger partial charge in [0.2, 0.25) is 5.91 Å². The van der Waals surface area contributed by atoms with Gasteiger partial charge < -0.3 is 24.6 Å². The number of carbonyl (C=O) groups is 3. The molecule has 8 nitrogen and oxygen atoms in total.